The molecule has 2 atom stereocenters. The van der Waals surface area contributed by atoms with Crippen LogP contribution in [-0.2, 0) is 11.3 Å². The topological polar surface area (TPSA) is 55.5 Å². The molecule has 0 unspecified atom stereocenters. The van der Waals surface area contributed by atoms with Gasteiger partial charge < -0.3 is 9.32 Å². The fourth-order valence-electron chi connectivity index (χ4n) is 4.44. The number of benzene rings is 1. The van der Waals surface area contributed by atoms with Crippen molar-refractivity contribution in [2.45, 2.75) is 45.1 Å². The Morgan fingerprint density at radius 1 is 1.20 bits per heavy atom. The molecule has 0 radical (unpaired) electrons. The molecule has 0 spiro atoms. The molecule has 4 rings (SSSR count). The van der Waals surface area contributed by atoms with Crippen molar-refractivity contribution in [3.8, 4) is 0 Å². The second kappa shape index (κ2) is 6.87. The summed E-state index contributed by atoms with van der Waals surface area (Å²) in [7, 11) is 0. The molecule has 6 heteroatoms. The minimum Gasteiger partial charge on any atom is -0.408 e. The van der Waals surface area contributed by atoms with E-state index in [4.69, 9.17) is 16.0 Å². The van der Waals surface area contributed by atoms with Crippen LogP contribution in [0.4, 0.5) is 0 Å². The highest BCUT2D eigenvalue weighted by Crippen LogP contribution is 2.36. The zero-order valence-corrected chi connectivity index (χ0v) is 15.0. The highest BCUT2D eigenvalue weighted by atomic mass is 35.5. The third-order valence-electron chi connectivity index (χ3n) is 5.82. The Labute approximate surface area is 151 Å². The first-order valence-corrected chi connectivity index (χ1v) is 9.56. The highest BCUT2D eigenvalue weighted by molar-refractivity contribution is 6.31. The van der Waals surface area contributed by atoms with Gasteiger partial charge in [-0.15, -0.1) is 0 Å². The lowest BCUT2D eigenvalue weighted by Crippen LogP contribution is -2.45. The van der Waals surface area contributed by atoms with Gasteiger partial charge in [-0.2, -0.15) is 0 Å². The van der Waals surface area contributed by atoms with Gasteiger partial charge in [0.1, 0.15) is 0 Å². The van der Waals surface area contributed by atoms with Crippen LogP contribution in [0, 0.1) is 11.8 Å². The van der Waals surface area contributed by atoms with Gasteiger partial charge in [-0.05, 0) is 36.8 Å². The first-order chi connectivity index (χ1) is 12.1. The molecule has 1 aliphatic heterocycles. The summed E-state index contributed by atoms with van der Waals surface area (Å²) in [6.07, 6.45) is 6.67. The lowest BCUT2D eigenvalue weighted by atomic mass is 9.75. The van der Waals surface area contributed by atoms with Gasteiger partial charge in [0.05, 0.1) is 5.52 Å². The molecule has 1 aromatic carbocycles. The molecule has 2 aliphatic rings. The van der Waals surface area contributed by atoms with E-state index in [1.165, 1.54) is 30.3 Å². The smallest absolute Gasteiger partial charge is 0.408 e. The molecule has 1 saturated heterocycles. The van der Waals surface area contributed by atoms with Crippen LogP contribution in [0.15, 0.2) is 27.4 Å². The Hall–Kier alpha value is -1.75. The normalized spacial score (nSPS) is 23.6. The van der Waals surface area contributed by atoms with Crippen molar-refractivity contribution in [1.29, 1.82) is 0 Å². The van der Waals surface area contributed by atoms with Gasteiger partial charge >= 0.3 is 5.76 Å². The number of carbonyl (C=O) groups excluding carboxylic acids is 1. The van der Waals surface area contributed by atoms with E-state index in [1.807, 2.05) is 4.90 Å². The monoisotopic (exact) mass is 362 g/mol. The average Bonchev–Trinajstić information content (AvgIpc) is 2.93. The Morgan fingerprint density at radius 3 is 2.84 bits per heavy atom. The maximum absolute atomic E-state index is 12.6. The number of amides is 1. The van der Waals surface area contributed by atoms with E-state index >= 15 is 0 Å². The summed E-state index contributed by atoms with van der Waals surface area (Å²) < 4.78 is 6.75. The quantitative estimate of drug-likeness (QED) is 0.837. The number of fused-ring (bicyclic) bond motifs is 2. The van der Waals surface area contributed by atoms with Gasteiger partial charge in [-0.25, -0.2) is 4.79 Å². The molecule has 0 N–H and O–H groups in total. The van der Waals surface area contributed by atoms with Crippen LogP contribution >= 0.6 is 11.6 Å². The lowest BCUT2D eigenvalue weighted by molar-refractivity contribution is -0.134. The molecule has 1 aromatic heterocycles. The van der Waals surface area contributed by atoms with Gasteiger partial charge in [0.25, 0.3) is 0 Å². The van der Waals surface area contributed by atoms with E-state index in [0.29, 0.717) is 35.0 Å². The first kappa shape index (κ1) is 16.7. The molecule has 1 aliphatic carbocycles. The molecular formula is C19H23ClN2O3. The molecule has 5 nitrogen and oxygen atoms in total. The molecular weight excluding hydrogens is 340 g/mol. The summed E-state index contributed by atoms with van der Waals surface area (Å²) in [5.41, 5.74) is 1.15. The lowest BCUT2D eigenvalue weighted by Gasteiger charge is -2.41. The molecule has 25 heavy (non-hydrogen) atoms. The zero-order valence-electron chi connectivity index (χ0n) is 14.2. The van der Waals surface area contributed by atoms with Gasteiger partial charge in [0.15, 0.2) is 5.58 Å². The predicted octanol–water partition coefficient (Wildman–Crippen LogP) is 3.68. The average molecular weight is 363 g/mol. The third-order valence-corrected chi connectivity index (χ3v) is 6.06. The number of likely N-dealkylation sites (tertiary alicyclic amines) is 1. The molecule has 1 amide bonds. The molecule has 1 saturated carbocycles. The standard InChI is InChI=1S/C19H23ClN2O3/c20-15-5-6-16-17(11-15)25-19(24)22(16)10-8-18(23)21-9-7-13-3-1-2-4-14(13)12-21/h5-6,11,13-14H,1-4,7-10,12H2/t13-,14-/m0/s1. The fraction of sp³-hybridized carbons (Fsp3) is 0.579. The number of oxazole rings is 1. The molecule has 2 fully saturated rings. The first-order valence-electron chi connectivity index (χ1n) is 9.18. The van der Waals surface area contributed by atoms with E-state index in [0.717, 1.165) is 25.4 Å². The summed E-state index contributed by atoms with van der Waals surface area (Å²) in [6, 6.07) is 5.12. The van der Waals surface area contributed by atoms with E-state index < -0.39 is 5.76 Å². The van der Waals surface area contributed by atoms with Crippen LogP contribution in [0.3, 0.4) is 0 Å². The number of aromatic nitrogens is 1. The number of rotatable bonds is 3. The summed E-state index contributed by atoms with van der Waals surface area (Å²) in [6.45, 7) is 2.09. The van der Waals surface area contributed by atoms with Crippen molar-refractivity contribution in [1.82, 2.24) is 9.47 Å². The second-order valence-corrected chi connectivity index (χ2v) is 7.75. The summed E-state index contributed by atoms with van der Waals surface area (Å²) in [4.78, 5) is 26.7. The van der Waals surface area contributed by atoms with Gasteiger partial charge in [0, 0.05) is 37.1 Å². The molecule has 0 bridgehead atoms. The number of hydrogen-bond acceptors (Lipinski definition) is 3. The Morgan fingerprint density at radius 2 is 2.00 bits per heavy atom. The Kier molecular flexibility index (Phi) is 4.59. The van der Waals surface area contributed by atoms with Crippen molar-refractivity contribution >= 4 is 28.6 Å². The van der Waals surface area contributed by atoms with E-state index in [9.17, 15) is 9.59 Å². The number of hydrogen-bond donors (Lipinski definition) is 0. The van der Waals surface area contributed by atoms with Gasteiger partial charge in [-0.3, -0.25) is 9.36 Å². The van der Waals surface area contributed by atoms with Crippen LogP contribution in [0.25, 0.3) is 11.1 Å². The number of halogens is 1. The minimum absolute atomic E-state index is 0.138. The summed E-state index contributed by atoms with van der Waals surface area (Å²) in [5, 5.41) is 0.528. The molecule has 2 heterocycles. The van der Waals surface area contributed by atoms with Crippen molar-refractivity contribution < 1.29 is 9.21 Å². The third kappa shape index (κ3) is 3.34. The van der Waals surface area contributed by atoms with E-state index in [-0.39, 0.29) is 5.91 Å². The number of carbonyl (C=O) groups is 1. The van der Waals surface area contributed by atoms with E-state index in [1.54, 1.807) is 18.2 Å². The van der Waals surface area contributed by atoms with E-state index in [2.05, 4.69) is 0 Å². The van der Waals surface area contributed by atoms with Crippen LogP contribution in [0.2, 0.25) is 5.02 Å². The second-order valence-electron chi connectivity index (χ2n) is 7.31. The summed E-state index contributed by atoms with van der Waals surface area (Å²) in [5.74, 6) is 1.18. The highest BCUT2D eigenvalue weighted by Gasteiger charge is 2.32. The number of nitrogens with zero attached hydrogens (tertiary/aromatic N) is 2. The number of piperidine rings is 1. The van der Waals surface area contributed by atoms with Crippen molar-refractivity contribution in [3.63, 3.8) is 0 Å². The summed E-state index contributed by atoms with van der Waals surface area (Å²) >= 11 is 5.93. The number of aryl methyl sites for hydroxylation is 1. The maximum atomic E-state index is 12.6. The van der Waals surface area contributed by atoms with Crippen LogP contribution < -0.4 is 5.76 Å². The maximum Gasteiger partial charge on any atom is 0.419 e. The van der Waals surface area contributed by atoms with Crippen molar-refractivity contribution in [2.75, 3.05) is 13.1 Å². The van der Waals surface area contributed by atoms with Gasteiger partial charge in [0.2, 0.25) is 5.91 Å². The van der Waals surface area contributed by atoms with Crippen LogP contribution in [0.5, 0.6) is 0 Å². The Balaban J connectivity index is 1.42. The van der Waals surface area contributed by atoms with Crippen molar-refractivity contribution in [3.05, 3.63) is 33.8 Å². The SMILES string of the molecule is O=C(CCn1c(=O)oc2cc(Cl)ccc21)N1CC[C@@H]2CCCC[C@H]2C1. The Bertz CT molecular complexity index is 841. The van der Waals surface area contributed by atoms with Crippen LogP contribution in [-0.4, -0.2) is 28.5 Å². The minimum atomic E-state index is -0.434. The predicted molar refractivity (Wildman–Crippen MR) is 96.7 cm³/mol. The zero-order chi connectivity index (χ0) is 17.4. The van der Waals surface area contributed by atoms with Gasteiger partial charge in [-0.1, -0.05) is 30.9 Å². The fourth-order valence-corrected chi connectivity index (χ4v) is 4.61. The largest absolute Gasteiger partial charge is 0.419 e. The molecule has 2 aromatic rings. The van der Waals surface area contributed by atoms with Crippen molar-refractivity contribution in [2.24, 2.45) is 11.8 Å². The van der Waals surface area contributed by atoms with Crippen LogP contribution in [0.1, 0.15) is 38.5 Å². The molecule has 134 valence electrons.